The molecular formula is C30H29N7O4. The first-order valence-corrected chi connectivity index (χ1v) is 13.7. The summed E-state index contributed by atoms with van der Waals surface area (Å²) in [5.41, 5.74) is 10.2. The summed E-state index contributed by atoms with van der Waals surface area (Å²) in [6.07, 6.45) is 8.09. The van der Waals surface area contributed by atoms with Crippen molar-refractivity contribution >= 4 is 52.1 Å². The molecule has 0 bridgehead atoms. The number of piperidine rings is 1. The number of imide groups is 2. The summed E-state index contributed by atoms with van der Waals surface area (Å²) >= 11 is 0. The quantitative estimate of drug-likeness (QED) is 0.285. The van der Waals surface area contributed by atoms with Gasteiger partial charge in [-0.05, 0) is 61.9 Å². The highest BCUT2D eigenvalue weighted by Gasteiger charge is 2.44. The number of benzene rings is 2. The Bertz CT molecular complexity index is 1630. The van der Waals surface area contributed by atoms with E-state index in [0.717, 1.165) is 46.5 Å². The monoisotopic (exact) mass is 551 g/mol. The van der Waals surface area contributed by atoms with Crippen LogP contribution in [0, 0.1) is 5.92 Å². The van der Waals surface area contributed by atoms with Gasteiger partial charge < -0.3 is 11.1 Å². The lowest BCUT2D eigenvalue weighted by Gasteiger charge is -2.32. The number of hydrogen-bond acceptors (Lipinski definition) is 9. The predicted octanol–water partition coefficient (Wildman–Crippen LogP) is 2.68. The smallest absolute Gasteiger partial charge is 0.262 e. The van der Waals surface area contributed by atoms with Crippen LogP contribution < -0.4 is 16.4 Å². The topological polar surface area (TPSA) is 160 Å². The Morgan fingerprint density at radius 3 is 2.63 bits per heavy atom. The van der Waals surface area contributed by atoms with E-state index in [1.165, 1.54) is 6.20 Å². The van der Waals surface area contributed by atoms with E-state index in [2.05, 4.69) is 20.6 Å². The minimum Gasteiger partial charge on any atom is -0.404 e. The summed E-state index contributed by atoms with van der Waals surface area (Å²) in [5.74, 6) is -1.51. The van der Waals surface area contributed by atoms with Gasteiger partial charge in [0.15, 0.2) is 0 Å². The number of fused-ring (bicyclic) bond motifs is 2. The van der Waals surface area contributed by atoms with E-state index in [0.29, 0.717) is 18.2 Å². The second-order valence-electron chi connectivity index (χ2n) is 10.6. The van der Waals surface area contributed by atoms with Crippen molar-refractivity contribution in [2.24, 2.45) is 16.6 Å². The summed E-state index contributed by atoms with van der Waals surface area (Å²) in [7, 11) is 0. The van der Waals surface area contributed by atoms with E-state index in [-0.39, 0.29) is 30.0 Å². The Morgan fingerprint density at radius 2 is 1.85 bits per heavy atom. The molecule has 4 amide bonds. The molecule has 4 N–H and O–H groups in total. The predicted molar refractivity (Wildman–Crippen MR) is 153 cm³/mol. The number of nitrogens with one attached hydrogen (secondary N) is 2. The Balaban J connectivity index is 0.991. The lowest BCUT2D eigenvalue weighted by molar-refractivity contribution is -0.136. The van der Waals surface area contributed by atoms with E-state index in [1.807, 2.05) is 24.3 Å². The van der Waals surface area contributed by atoms with Crippen LogP contribution in [-0.2, 0) is 9.59 Å². The van der Waals surface area contributed by atoms with Crippen LogP contribution in [0.4, 0.5) is 5.69 Å². The summed E-state index contributed by atoms with van der Waals surface area (Å²) < 4.78 is 0. The molecule has 1 aromatic heterocycles. The van der Waals surface area contributed by atoms with Crippen molar-refractivity contribution in [3.8, 4) is 0 Å². The highest BCUT2D eigenvalue weighted by Crippen LogP contribution is 2.33. The van der Waals surface area contributed by atoms with Gasteiger partial charge in [0, 0.05) is 36.6 Å². The Kier molecular flexibility index (Phi) is 7.00. The number of anilines is 1. The first-order valence-electron chi connectivity index (χ1n) is 13.7. The lowest BCUT2D eigenvalue weighted by atomic mass is 9.78. The molecule has 41 heavy (non-hydrogen) atoms. The summed E-state index contributed by atoms with van der Waals surface area (Å²) in [5, 5.41) is 5.55. The Labute approximate surface area is 235 Å². The van der Waals surface area contributed by atoms with Crippen molar-refractivity contribution in [1.82, 2.24) is 20.2 Å². The van der Waals surface area contributed by atoms with Crippen LogP contribution in [-0.4, -0.2) is 63.3 Å². The SMILES string of the molecule is N/C=C(\C=NC1CC(CCNc2ccc3c(c2)C(=O)N(C2CCC(=O)NC2=O)C3=O)C1)c1cnc2ccccc2n1. The van der Waals surface area contributed by atoms with E-state index in [1.54, 1.807) is 30.6 Å². The van der Waals surface area contributed by atoms with Gasteiger partial charge in [0.05, 0.1) is 40.1 Å². The van der Waals surface area contributed by atoms with Gasteiger partial charge in [-0.3, -0.25) is 39.4 Å². The summed E-state index contributed by atoms with van der Waals surface area (Å²) in [6.45, 7) is 0.708. The van der Waals surface area contributed by atoms with E-state index in [9.17, 15) is 19.2 Å². The third kappa shape index (κ3) is 5.18. The molecular weight excluding hydrogens is 522 g/mol. The van der Waals surface area contributed by atoms with Gasteiger partial charge in [-0.25, -0.2) is 4.98 Å². The second-order valence-corrected chi connectivity index (χ2v) is 10.6. The number of hydrogen-bond donors (Lipinski definition) is 3. The zero-order valence-corrected chi connectivity index (χ0v) is 22.2. The van der Waals surface area contributed by atoms with Crippen LogP contribution in [0.5, 0.6) is 0 Å². The fourth-order valence-corrected chi connectivity index (χ4v) is 5.54. The van der Waals surface area contributed by atoms with E-state index in [4.69, 9.17) is 10.7 Å². The zero-order valence-electron chi connectivity index (χ0n) is 22.2. The Morgan fingerprint density at radius 1 is 1.07 bits per heavy atom. The summed E-state index contributed by atoms with van der Waals surface area (Å²) in [4.78, 5) is 64.4. The molecule has 1 saturated heterocycles. The average molecular weight is 552 g/mol. The van der Waals surface area contributed by atoms with Crippen molar-refractivity contribution in [1.29, 1.82) is 0 Å². The molecule has 1 atom stereocenters. The van der Waals surface area contributed by atoms with Crippen LogP contribution in [0.25, 0.3) is 16.6 Å². The number of nitrogens with two attached hydrogens (primary N) is 1. The fraction of sp³-hybridized carbons (Fsp3) is 0.300. The highest BCUT2D eigenvalue weighted by molar-refractivity contribution is 6.23. The van der Waals surface area contributed by atoms with Crippen LogP contribution in [0.15, 0.2) is 59.9 Å². The molecule has 1 saturated carbocycles. The van der Waals surface area contributed by atoms with Gasteiger partial charge in [0.1, 0.15) is 6.04 Å². The minimum absolute atomic E-state index is 0.0912. The van der Waals surface area contributed by atoms with Gasteiger partial charge in [-0.1, -0.05) is 12.1 Å². The largest absolute Gasteiger partial charge is 0.404 e. The molecule has 3 heterocycles. The number of amides is 4. The van der Waals surface area contributed by atoms with Gasteiger partial charge >= 0.3 is 0 Å². The number of aliphatic imine (C=N–C) groups is 1. The molecule has 6 rings (SSSR count). The number of carbonyl (C=O) groups excluding carboxylic acids is 4. The molecule has 1 aliphatic carbocycles. The summed E-state index contributed by atoms with van der Waals surface area (Å²) in [6, 6.07) is 12.0. The number of allylic oxidation sites excluding steroid dienone is 1. The fourth-order valence-electron chi connectivity index (χ4n) is 5.54. The van der Waals surface area contributed by atoms with E-state index < -0.39 is 29.7 Å². The molecule has 2 fully saturated rings. The molecule has 3 aromatic rings. The first-order chi connectivity index (χ1) is 19.9. The molecule has 1 unspecified atom stereocenters. The van der Waals surface area contributed by atoms with Crippen molar-refractivity contribution in [2.75, 3.05) is 11.9 Å². The maximum absolute atomic E-state index is 13.0. The van der Waals surface area contributed by atoms with Crippen molar-refractivity contribution < 1.29 is 19.2 Å². The first kappa shape index (κ1) is 26.3. The van der Waals surface area contributed by atoms with Crippen molar-refractivity contribution in [2.45, 2.75) is 44.2 Å². The third-order valence-corrected chi connectivity index (χ3v) is 7.88. The molecule has 11 heteroatoms. The lowest BCUT2D eigenvalue weighted by Crippen LogP contribution is -2.54. The molecule has 11 nitrogen and oxygen atoms in total. The number of rotatable bonds is 8. The van der Waals surface area contributed by atoms with Gasteiger partial charge in [-0.15, -0.1) is 0 Å². The normalized spacial score (nSPS) is 22.7. The van der Waals surface area contributed by atoms with Crippen LogP contribution in [0.3, 0.4) is 0 Å². The molecule has 2 aliphatic heterocycles. The van der Waals surface area contributed by atoms with Crippen LogP contribution >= 0.6 is 0 Å². The molecule has 0 spiro atoms. The van der Waals surface area contributed by atoms with Gasteiger partial charge in [0.2, 0.25) is 11.8 Å². The number of para-hydroxylation sites is 2. The maximum atomic E-state index is 13.0. The number of nitrogens with zero attached hydrogens (tertiary/aromatic N) is 4. The Hall–Kier alpha value is -4.93. The molecule has 2 aromatic carbocycles. The number of carbonyl (C=O) groups is 4. The molecule has 208 valence electrons. The van der Waals surface area contributed by atoms with Gasteiger partial charge in [-0.2, -0.15) is 0 Å². The van der Waals surface area contributed by atoms with E-state index >= 15 is 0 Å². The number of aromatic nitrogens is 2. The molecule has 3 aliphatic rings. The molecule has 0 radical (unpaired) electrons. The van der Waals surface area contributed by atoms with Crippen LogP contribution in [0.2, 0.25) is 0 Å². The van der Waals surface area contributed by atoms with Crippen LogP contribution in [0.1, 0.15) is 58.5 Å². The van der Waals surface area contributed by atoms with Gasteiger partial charge in [0.25, 0.3) is 11.8 Å². The standard InChI is InChI=1S/C30H29N7O4/c31-14-18(25-16-34-23-3-1-2-4-24(23)35-25)15-33-20-11-17(12-20)9-10-32-19-5-6-21-22(13-19)30(41)37(29(21)40)26-7-8-27(38)36-28(26)39/h1-6,13-17,20,26,32H,7-12,31H2,(H,36,38,39)/b18-14+,33-15?. The average Bonchev–Trinajstić information content (AvgIpc) is 3.20. The van der Waals surface area contributed by atoms with Crippen molar-refractivity contribution in [3.05, 3.63) is 71.7 Å². The second kappa shape index (κ2) is 10.9. The zero-order chi connectivity index (χ0) is 28.5. The minimum atomic E-state index is -0.970. The highest BCUT2D eigenvalue weighted by atomic mass is 16.2. The maximum Gasteiger partial charge on any atom is 0.262 e. The van der Waals surface area contributed by atoms with Crippen molar-refractivity contribution in [3.63, 3.8) is 0 Å². The third-order valence-electron chi connectivity index (χ3n) is 7.88.